The summed E-state index contributed by atoms with van der Waals surface area (Å²) in [6, 6.07) is 2.57. The van der Waals surface area contributed by atoms with Gasteiger partial charge in [-0.05, 0) is 57.4 Å². The monoisotopic (exact) mass is 264 g/mol. The summed E-state index contributed by atoms with van der Waals surface area (Å²) in [5, 5.41) is 3.79. The fraction of sp³-hybridized carbons (Fsp3) is 1.00. The van der Waals surface area contributed by atoms with Crippen LogP contribution in [0.15, 0.2) is 0 Å². The van der Waals surface area contributed by atoms with E-state index in [9.17, 15) is 0 Å². The summed E-state index contributed by atoms with van der Waals surface area (Å²) in [6.45, 7) is 5.09. The molecule has 1 N–H and O–H groups in total. The first-order valence-corrected chi connectivity index (χ1v) is 8.85. The highest BCUT2D eigenvalue weighted by atomic mass is 15.2. The molecule has 3 rings (SSSR count). The summed E-state index contributed by atoms with van der Waals surface area (Å²) < 4.78 is 0. The zero-order valence-electron chi connectivity index (χ0n) is 12.7. The Balaban J connectivity index is 1.56. The molecule has 2 nitrogen and oxygen atoms in total. The Morgan fingerprint density at radius 1 is 0.947 bits per heavy atom. The van der Waals surface area contributed by atoms with Crippen LogP contribution in [0.2, 0.25) is 0 Å². The van der Waals surface area contributed by atoms with Gasteiger partial charge in [-0.1, -0.05) is 26.2 Å². The van der Waals surface area contributed by atoms with Crippen molar-refractivity contribution in [2.45, 2.75) is 89.3 Å². The van der Waals surface area contributed by atoms with E-state index in [4.69, 9.17) is 0 Å². The second-order valence-electron chi connectivity index (χ2n) is 7.26. The van der Waals surface area contributed by atoms with Gasteiger partial charge in [0.2, 0.25) is 0 Å². The SMILES string of the molecule is CCCN(CC1CCCCC1)C1CC2CCC(C1)N2. The number of nitrogens with zero attached hydrogens (tertiary/aromatic N) is 1. The Hall–Kier alpha value is -0.0800. The Bertz CT molecular complexity index is 260. The summed E-state index contributed by atoms with van der Waals surface area (Å²) in [7, 11) is 0. The molecule has 2 unspecified atom stereocenters. The number of hydrogen-bond donors (Lipinski definition) is 1. The molecule has 2 heteroatoms. The van der Waals surface area contributed by atoms with Crippen molar-refractivity contribution < 1.29 is 0 Å². The zero-order valence-corrected chi connectivity index (χ0v) is 12.7. The van der Waals surface area contributed by atoms with Crippen molar-refractivity contribution in [2.24, 2.45) is 5.92 Å². The van der Waals surface area contributed by atoms with Gasteiger partial charge in [-0.3, -0.25) is 0 Å². The lowest BCUT2D eigenvalue weighted by atomic mass is 9.87. The zero-order chi connectivity index (χ0) is 13.1. The molecule has 1 saturated carbocycles. The van der Waals surface area contributed by atoms with Crippen molar-refractivity contribution in [3.05, 3.63) is 0 Å². The third-order valence-electron chi connectivity index (χ3n) is 5.69. The van der Waals surface area contributed by atoms with Crippen LogP contribution in [-0.4, -0.2) is 36.1 Å². The van der Waals surface area contributed by atoms with E-state index in [0.717, 1.165) is 24.0 Å². The van der Waals surface area contributed by atoms with Crippen molar-refractivity contribution in [1.29, 1.82) is 0 Å². The maximum Gasteiger partial charge on any atom is 0.0125 e. The standard InChI is InChI=1S/C17H32N2/c1-2-10-19(13-14-6-4-3-5-7-14)17-11-15-8-9-16(12-17)18-15/h14-18H,2-13H2,1H3. The van der Waals surface area contributed by atoms with Gasteiger partial charge < -0.3 is 10.2 Å². The minimum Gasteiger partial charge on any atom is -0.311 e. The molecule has 2 atom stereocenters. The van der Waals surface area contributed by atoms with Crippen molar-refractivity contribution in [3.8, 4) is 0 Å². The van der Waals surface area contributed by atoms with Crippen LogP contribution in [0.5, 0.6) is 0 Å². The maximum atomic E-state index is 3.79. The number of rotatable bonds is 5. The molecule has 0 amide bonds. The van der Waals surface area contributed by atoms with E-state index in [1.54, 1.807) is 0 Å². The fourth-order valence-electron chi connectivity index (χ4n) is 4.74. The average Bonchev–Trinajstić information content (AvgIpc) is 2.78. The molecule has 3 fully saturated rings. The normalized spacial score (nSPS) is 36.0. The maximum absolute atomic E-state index is 3.79. The van der Waals surface area contributed by atoms with Gasteiger partial charge in [-0.2, -0.15) is 0 Å². The Kier molecular flexibility index (Phi) is 4.81. The molecule has 0 spiro atoms. The van der Waals surface area contributed by atoms with E-state index in [0.29, 0.717) is 0 Å². The van der Waals surface area contributed by atoms with Crippen molar-refractivity contribution in [3.63, 3.8) is 0 Å². The second-order valence-corrected chi connectivity index (χ2v) is 7.26. The molecule has 0 radical (unpaired) electrons. The van der Waals surface area contributed by atoms with Gasteiger partial charge in [0.05, 0.1) is 0 Å². The van der Waals surface area contributed by atoms with Gasteiger partial charge in [0.25, 0.3) is 0 Å². The first-order chi connectivity index (χ1) is 9.35. The molecule has 0 aromatic heterocycles. The van der Waals surface area contributed by atoms with Crippen LogP contribution >= 0.6 is 0 Å². The van der Waals surface area contributed by atoms with Gasteiger partial charge in [0.1, 0.15) is 0 Å². The molecule has 3 aliphatic rings. The third kappa shape index (κ3) is 3.52. The highest BCUT2D eigenvalue weighted by molar-refractivity contribution is 4.96. The molecule has 19 heavy (non-hydrogen) atoms. The molecule has 2 bridgehead atoms. The minimum absolute atomic E-state index is 0.842. The van der Waals surface area contributed by atoms with E-state index in [1.807, 2.05) is 0 Å². The van der Waals surface area contributed by atoms with Gasteiger partial charge in [0.15, 0.2) is 0 Å². The first-order valence-electron chi connectivity index (χ1n) is 8.85. The van der Waals surface area contributed by atoms with E-state index in [-0.39, 0.29) is 0 Å². The lowest BCUT2D eigenvalue weighted by Crippen LogP contribution is -2.49. The molecule has 110 valence electrons. The highest BCUT2D eigenvalue weighted by Crippen LogP contribution is 2.32. The molecule has 2 heterocycles. The van der Waals surface area contributed by atoms with Crippen molar-refractivity contribution in [1.82, 2.24) is 10.2 Å². The van der Waals surface area contributed by atoms with Crippen LogP contribution < -0.4 is 5.32 Å². The lowest BCUT2D eigenvalue weighted by molar-refractivity contribution is 0.110. The molecular weight excluding hydrogens is 232 g/mol. The van der Waals surface area contributed by atoms with Crippen LogP contribution in [0.25, 0.3) is 0 Å². The Labute approximate surface area is 119 Å². The van der Waals surface area contributed by atoms with E-state index < -0.39 is 0 Å². The molecule has 1 aliphatic carbocycles. The largest absolute Gasteiger partial charge is 0.311 e. The van der Waals surface area contributed by atoms with Crippen LogP contribution in [-0.2, 0) is 0 Å². The fourth-order valence-corrected chi connectivity index (χ4v) is 4.74. The van der Waals surface area contributed by atoms with Crippen LogP contribution in [0.4, 0.5) is 0 Å². The first kappa shape index (κ1) is 13.9. The van der Waals surface area contributed by atoms with Gasteiger partial charge in [-0.15, -0.1) is 0 Å². The third-order valence-corrected chi connectivity index (χ3v) is 5.69. The Morgan fingerprint density at radius 2 is 1.63 bits per heavy atom. The van der Waals surface area contributed by atoms with Gasteiger partial charge >= 0.3 is 0 Å². The van der Waals surface area contributed by atoms with E-state index in [1.165, 1.54) is 77.3 Å². The van der Waals surface area contributed by atoms with E-state index in [2.05, 4.69) is 17.1 Å². The van der Waals surface area contributed by atoms with Crippen molar-refractivity contribution in [2.75, 3.05) is 13.1 Å². The number of piperidine rings is 1. The topological polar surface area (TPSA) is 15.3 Å². The average molecular weight is 264 g/mol. The van der Waals surface area contributed by atoms with Gasteiger partial charge in [0, 0.05) is 24.7 Å². The minimum atomic E-state index is 0.842. The highest BCUT2D eigenvalue weighted by Gasteiger charge is 2.36. The van der Waals surface area contributed by atoms with Crippen molar-refractivity contribution >= 4 is 0 Å². The molecule has 0 aromatic rings. The number of fused-ring (bicyclic) bond motifs is 2. The van der Waals surface area contributed by atoms with Gasteiger partial charge in [-0.25, -0.2) is 0 Å². The molecule has 0 aromatic carbocycles. The van der Waals surface area contributed by atoms with Crippen LogP contribution in [0.3, 0.4) is 0 Å². The summed E-state index contributed by atoms with van der Waals surface area (Å²) in [5.41, 5.74) is 0. The van der Waals surface area contributed by atoms with Crippen LogP contribution in [0, 0.1) is 5.92 Å². The summed E-state index contributed by atoms with van der Waals surface area (Å²) in [5.74, 6) is 1.01. The summed E-state index contributed by atoms with van der Waals surface area (Å²) in [6.07, 6.45) is 14.5. The van der Waals surface area contributed by atoms with Crippen LogP contribution in [0.1, 0.15) is 71.1 Å². The summed E-state index contributed by atoms with van der Waals surface area (Å²) >= 11 is 0. The second kappa shape index (κ2) is 6.58. The molecule has 2 aliphatic heterocycles. The number of hydrogen-bond acceptors (Lipinski definition) is 2. The predicted octanol–water partition coefficient (Wildman–Crippen LogP) is 3.56. The van der Waals surface area contributed by atoms with E-state index >= 15 is 0 Å². The number of nitrogens with one attached hydrogen (secondary N) is 1. The smallest absolute Gasteiger partial charge is 0.0125 e. The predicted molar refractivity (Wildman–Crippen MR) is 81.4 cm³/mol. The Morgan fingerprint density at radius 3 is 2.26 bits per heavy atom. The molecule has 2 saturated heterocycles. The quantitative estimate of drug-likeness (QED) is 0.817. The summed E-state index contributed by atoms with van der Waals surface area (Å²) in [4.78, 5) is 2.88. The lowest BCUT2D eigenvalue weighted by Gasteiger charge is -2.40. The molecular formula is C17H32N2.